The molecule has 6 nitrogen and oxygen atoms in total. The first-order valence-corrected chi connectivity index (χ1v) is 10.8. The number of carbonyl (C=O) groups is 2. The van der Waals surface area contributed by atoms with Crippen molar-refractivity contribution >= 4 is 40.9 Å². The molecule has 1 N–H and O–H groups in total. The molecule has 0 aromatic heterocycles. The molecule has 0 spiro atoms. The average Bonchev–Trinajstić information content (AvgIpc) is 3.03. The number of carbonyl (C=O) groups excluding carboxylic acids is 2. The van der Waals surface area contributed by atoms with Crippen molar-refractivity contribution in [1.29, 1.82) is 0 Å². The molecule has 1 atom stereocenters. The number of nitrogens with zero attached hydrogens (tertiary/aromatic N) is 2. The lowest BCUT2D eigenvalue weighted by atomic mass is 10.0. The number of amides is 2. The standard InChI is InChI=1S/C22H23Cl2N3O3/c1-2-30-22(29)26-11-9-15(10-12-26)27-20(16-5-3-4-6-17(16)21(27)28)25-19-13-14(23)7-8-18(19)24/h3-8,13,15,20,25H,2,9-12H2,1H3/t20-/m0/s1. The first-order valence-electron chi connectivity index (χ1n) is 10.0. The Labute approximate surface area is 185 Å². The van der Waals surface area contributed by atoms with Crippen molar-refractivity contribution in [2.75, 3.05) is 25.0 Å². The minimum absolute atomic E-state index is 0.00830. The molecule has 4 rings (SSSR count). The lowest BCUT2D eigenvalue weighted by Gasteiger charge is -2.39. The van der Waals surface area contributed by atoms with E-state index in [1.807, 2.05) is 29.2 Å². The maximum atomic E-state index is 13.3. The van der Waals surface area contributed by atoms with Gasteiger partial charge in [0.25, 0.3) is 5.91 Å². The molecule has 2 heterocycles. The number of hydrogen-bond acceptors (Lipinski definition) is 4. The molecule has 2 aliphatic rings. The topological polar surface area (TPSA) is 61.9 Å². The molecule has 2 aromatic rings. The zero-order valence-electron chi connectivity index (χ0n) is 16.6. The fraction of sp³-hybridized carbons (Fsp3) is 0.364. The molecule has 1 saturated heterocycles. The van der Waals surface area contributed by atoms with E-state index in [1.54, 1.807) is 30.0 Å². The largest absolute Gasteiger partial charge is 0.450 e. The van der Waals surface area contributed by atoms with Gasteiger partial charge in [0.05, 0.1) is 17.3 Å². The van der Waals surface area contributed by atoms with E-state index in [0.29, 0.717) is 53.8 Å². The number of anilines is 1. The van der Waals surface area contributed by atoms with Gasteiger partial charge in [0.15, 0.2) is 0 Å². The van der Waals surface area contributed by atoms with Crippen molar-refractivity contribution in [2.24, 2.45) is 0 Å². The molecule has 8 heteroatoms. The highest BCUT2D eigenvalue weighted by Crippen LogP contribution is 2.39. The van der Waals surface area contributed by atoms with Gasteiger partial charge in [-0.1, -0.05) is 41.4 Å². The third-order valence-electron chi connectivity index (χ3n) is 5.60. The number of fused-ring (bicyclic) bond motifs is 1. The third-order valence-corrected chi connectivity index (χ3v) is 6.17. The van der Waals surface area contributed by atoms with Crippen molar-refractivity contribution in [3.8, 4) is 0 Å². The Morgan fingerprint density at radius 1 is 1.17 bits per heavy atom. The highest BCUT2D eigenvalue weighted by Gasteiger charge is 2.42. The molecule has 0 bridgehead atoms. The van der Waals surface area contributed by atoms with Gasteiger partial charge in [-0.3, -0.25) is 4.79 Å². The van der Waals surface area contributed by atoms with E-state index >= 15 is 0 Å². The molecule has 0 radical (unpaired) electrons. The molecule has 2 amide bonds. The van der Waals surface area contributed by atoms with Crippen LogP contribution in [0.5, 0.6) is 0 Å². The van der Waals surface area contributed by atoms with E-state index in [1.165, 1.54) is 0 Å². The number of halogens is 2. The van der Waals surface area contributed by atoms with Crippen molar-refractivity contribution in [3.63, 3.8) is 0 Å². The van der Waals surface area contributed by atoms with Gasteiger partial charge in [-0.2, -0.15) is 0 Å². The molecule has 158 valence electrons. The van der Waals surface area contributed by atoms with Crippen LogP contribution in [0.25, 0.3) is 0 Å². The van der Waals surface area contributed by atoms with Crippen LogP contribution in [0.4, 0.5) is 10.5 Å². The van der Waals surface area contributed by atoms with E-state index in [0.717, 1.165) is 5.56 Å². The highest BCUT2D eigenvalue weighted by atomic mass is 35.5. The smallest absolute Gasteiger partial charge is 0.409 e. The fourth-order valence-corrected chi connectivity index (χ4v) is 4.50. The molecule has 1 fully saturated rings. The van der Waals surface area contributed by atoms with Crippen LogP contribution in [-0.4, -0.2) is 47.5 Å². The SMILES string of the molecule is CCOC(=O)N1CCC(N2C(=O)c3ccccc3[C@H]2Nc2cc(Cl)ccc2Cl)CC1. The first kappa shape index (κ1) is 20.8. The summed E-state index contributed by atoms with van der Waals surface area (Å²) in [6.07, 6.45) is 0.705. The fourth-order valence-electron chi connectivity index (χ4n) is 4.16. The van der Waals surface area contributed by atoms with Crippen LogP contribution in [0.1, 0.15) is 41.9 Å². The molecule has 0 aliphatic carbocycles. The van der Waals surface area contributed by atoms with Gasteiger partial charge >= 0.3 is 6.09 Å². The molecule has 30 heavy (non-hydrogen) atoms. The van der Waals surface area contributed by atoms with Crippen LogP contribution in [0.15, 0.2) is 42.5 Å². The monoisotopic (exact) mass is 447 g/mol. The number of nitrogens with one attached hydrogen (secondary N) is 1. The van der Waals surface area contributed by atoms with E-state index in [-0.39, 0.29) is 24.2 Å². The summed E-state index contributed by atoms with van der Waals surface area (Å²) in [5, 5.41) is 4.52. The van der Waals surface area contributed by atoms with Gasteiger partial charge in [0.1, 0.15) is 6.17 Å². The van der Waals surface area contributed by atoms with E-state index in [9.17, 15) is 9.59 Å². The quantitative estimate of drug-likeness (QED) is 0.700. The zero-order chi connectivity index (χ0) is 21.3. The van der Waals surface area contributed by atoms with Crippen LogP contribution < -0.4 is 5.32 Å². The minimum atomic E-state index is -0.358. The van der Waals surface area contributed by atoms with Gasteiger partial charge in [-0.25, -0.2) is 4.79 Å². The summed E-state index contributed by atoms with van der Waals surface area (Å²) >= 11 is 12.5. The van der Waals surface area contributed by atoms with Crippen molar-refractivity contribution in [1.82, 2.24) is 9.80 Å². The number of rotatable bonds is 4. The molecule has 2 aliphatic heterocycles. The second-order valence-corrected chi connectivity index (χ2v) is 8.23. The van der Waals surface area contributed by atoms with Gasteiger partial charge in [-0.05, 0) is 44.0 Å². The molecular weight excluding hydrogens is 425 g/mol. The normalized spacial score (nSPS) is 19.0. The Kier molecular flexibility index (Phi) is 6.06. The lowest BCUT2D eigenvalue weighted by molar-refractivity contribution is 0.0496. The van der Waals surface area contributed by atoms with Crippen LogP contribution in [-0.2, 0) is 4.74 Å². The molecular formula is C22H23Cl2N3O3. The zero-order valence-corrected chi connectivity index (χ0v) is 18.1. The minimum Gasteiger partial charge on any atom is -0.450 e. The van der Waals surface area contributed by atoms with Gasteiger partial charge in [0, 0.05) is 35.3 Å². The van der Waals surface area contributed by atoms with Gasteiger partial charge < -0.3 is 19.9 Å². The summed E-state index contributed by atoms with van der Waals surface area (Å²) in [6, 6.07) is 12.8. The van der Waals surface area contributed by atoms with Crippen LogP contribution in [0.2, 0.25) is 10.0 Å². The van der Waals surface area contributed by atoms with Crippen molar-refractivity contribution in [3.05, 3.63) is 63.6 Å². The Bertz CT molecular complexity index is 960. The molecule has 0 unspecified atom stereocenters. The van der Waals surface area contributed by atoms with Crippen LogP contribution in [0, 0.1) is 0 Å². The molecule has 0 saturated carbocycles. The highest BCUT2D eigenvalue weighted by molar-refractivity contribution is 6.35. The Hall–Kier alpha value is -2.44. The summed E-state index contributed by atoms with van der Waals surface area (Å²) in [5.41, 5.74) is 2.26. The number of hydrogen-bond donors (Lipinski definition) is 1. The summed E-state index contributed by atoms with van der Waals surface area (Å²) < 4.78 is 5.11. The van der Waals surface area contributed by atoms with Gasteiger partial charge in [-0.15, -0.1) is 0 Å². The summed E-state index contributed by atoms with van der Waals surface area (Å²) in [6.45, 7) is 3.25. The van der Waals surface area contributed by atoms with Crippen LogP contribution in [0.3, 0.4) is 0 Å². The van der Waals surface area contributed by atoms with Crippen LogP contribution >= 0.6 is 23.2 Å². The predicted molar refractivity (Wildman–Crippen MR) is 117 cm³/mol. The summed E-state index contributed by atoms with van der Waals surface area (Å²) in [5.74, 6) is -0.0177. The maximum Gasteiger partial charge on any atom is 0.409 e. The molecule has 2 aromatic carbocycles. The number of benzene rings is 2. The maximum absolute atomic E-state index is 13.3. The second kappa shape index (κ2) is 8.74. The lowest BCUT2D eigenvalue weighted by Crippen LogP contribution is -2.49. The van der Waals surface area contributed by atoms with E-state index in [4.69, 9.17) is 27.9 Å². The number of likely N-dealkylation sites (tertiary alicyclic amines) is 1. The number of piperidine rings is 1. The first-order chi connectivity index (χ1) is 14.5. The predicted octanol–water partition coefficient (Wildman–Crippen LogP) is 5.18. The van der Waals surface area contributed by atoms with E-state index in [2.05, 4.69) is 5.32 Å². The second-order valence-electron chi connectivity index (χ2n) is 7.39. The summed E-state index contributed by atoms with van der Waals surface area (Å²) in [7, 11) is 0. The average molecular weight is 448 g/mol. The Morgan fingerprint density at radius 2 is 1.90 bits per heavy atom. The Morgan fingerprint density at radius 3 is 2.63 bits per heavy atom. The number of ether oxygens (including phenoxy) is 1. The van der Waals surface area contributed by atoms with Gasteiger partial charge in [0.2, 0.25) is 0 Å². The Balaban J connectivity index is 1.59. The van der Waals surface area contributed by atoms with Crippen molar-refractivity contribution in [2.45, 2.75) is 32.0 Å². The van der Waals surface area contributed by atoms with E-state index < -0.39 is 0 Å². The summed E-state index contributed by atoms with van der Waals surface area (Å²) in [4.78, 5) is 28.9. The van der Waals surface area contributed by atoms with Crippen molar-refractivity contribution < 1.29 is 14.3 Å². The third kappa shape index (κ3) is 3.94.